The molecule has 1 amide bonds. The normalized spacial score (nSPS) is 17.6. The van der Waals surface area contributed by atoms with E-state index < -0.39 is 5.79 Å². The molecule has 1 saturated heterocycles. The molecule has 24 heavy (non-hydrogen) atoms. The molecule has 0 aliphatic carbocycles. The van der Waals surface area contributed by atoms with Crippen molar-refractivity contribution in [2.75, 3.05) is 19.8 Å². The van der Waals surface area contributed by atoms with E-state index in [9.17, 15) is 4.79 Å². The van der Waals surface area contributed by atoms with E-state index in [2.05, 4.69) is 17.3 Å². The number of carbonyl (C=O) groups excluding carboxylic acids is 1. The summed E-state index contributed by atoms with van der Waals surface area (Å²) in [6.07, 6.45) is 4.26. The Hall–Kier alpha value is -2.18. The van der Waals surface area contributed by atoms with Crippen molar-refractivity contribution in [1.29, 1.82) is 0 Å². The summed E-state index contributed by atoms with van der Waals surface area (Å²) in [6, 6.07) is 9.27. The van der Waals surface area contributed by atoms with Gasteiger partial charge in [-0.05, 0) is 31.0 Å². The number of para-hydroxylation sites is 1. The zero-order valence-electron chi connectivity index (χ0n) is 14.1. The number of nitrogens with zero attached hydrogens (tertiary/aromatic N) is 2. The van der Waals surface area contributed by atoms with E-state index >= 15 is 0 Å². The van der Waals surface area contributed by atoms with Crippen LogP contribution in [0, 0.1) is 5.92 Å². The summed E-state index contributed by atoms with van der Waals surface area (Å²) in [5, 5.41) is 7.21. The van der Waals surface area contributed by atoms with Crippen molar-refractivity contribution in [2.45, 2.75) is 26.1 Å². The molecule has 1 N–H and O–H groups in total. The van der Waals surface area contributed by atoms with Gasteiger partial charge in [-0.1, -0.05) is 19.1 Å². The minimum absolute atomic E-state index is 0.105. The standard InChI is InChI=1S/C18H23N3O3/c1-14(12-18(2)23-10-11-24-18)13-19-17(22)15-6-3-4-7-16(15)21-9-5-8-20-21/h3-9,14H,10-13H2,1-2H3,(H,19,22)/t14-/m1/s1. The third kappa shape index (κ3) is 3.83. The van der Waals surface area contributed by atoms with E-state index in [4.69, 9.17) is 9.47 Å². The Morgan fingerprint density at radius 1 is 1.33 bits per heavy atom. The maximum absolute atomic E-state index is 12.6. The first kappa shape index (κ1) is 16.7. The van der Waals surface area contributed by atoms with Crippen LogP contribution in [0.1, 0.15) is 30.6 Å². The highest BCUT2D eigenvalue weighted by molar-refractivity contribution is 5.97. The van der Waals surface area contributed by atoms with E-state index in [1.54, 1.807) is 10.9 Å². The summed E-state index contributed by atoms with van der Waals surface area (Å²) in [4.78, 5) is 12.6. The Morgan fingerprint density at radius 2 is 2.08 bits per heavy atom. The highest BCUT2D eigenvalue weighted by atomic mass is 16.7. The number of hydrogen-bond donors (Lipinski definition) is 1. The van der Waals surface area contributed by atoms with Crippen LogP contribution in [0.5, 0.6) is 0 Å². The Morgan fingerprint density at radius 3 is 2.79 bits per heavy atom. The summed E-state index contributed by atoms with van der Waals surface area (Å²) in [5.41, 5.74) is 1.37. The molecule has 0 unspecified atom stereocenters. The number of carbonyl (C=O) groups is 1. The van der Waals surface area contributed by atoms with E-state index in [1.807, 2.05) is 43.5 Å². The van der Waals surface area contributed by atoms with Crippen LogP contribution in [0.2, 0.25) is 0 Å². The molecular weight excluding hydrogens is 306 g/mol. The van der Waals surface area contributed by atoms with Gasteiger partial charge >= 0.3 is 0 Å². The zero-order chi connectivity index (χ0) is 17.0. The molecule has 0 spiro atoms. The fourth-order valence-corrected chi connectivity index (χ4v) is 3.02. The average Bonchev–Trinajstić information content (AvgIpc) is 3.24. The maximum atomic E-state index is 12.6. The first-order valence-corrected chi connectivity index (χ1v) is 8.22. The minimum Gasteiger partial charge on any atom is -0.352 e. The lowest BCUT2D eigenvalue weighted by molar-refractivity contribution is -0.153. The van der Waals surface area contributed by atoms with Gasteiger partial charge in [0.25, 0.3) is 5.91 Å². The van der Waals surface area contributed by atoms with Gasteiger partial charge in [0.15, 0.2) is 5.79 Å². The number of ether oxygens (including phenoxy) is 2. The van der Waals surface area contributed by atoms with Gasteiger partial charge in [-0.15, -0.1) is 0 Å². The molecule has 128 valence electrons. The summed E-state index contributed by atoms with van der Waals surface area (Å²) < 4.78 is 12.9. The van der Waals surface area contributed by atoms with Crippen LogP contribution in [0.4, 0.5) is 0 Å². The SMILES string of the molecule is C[C@@H](CNC(=O)c1ccccc1-n1cccn1)CC1(C)OCCO1. The lowest BCUT2D eigenvalue weighted by atomic mass is 10.0. The molecule has 6 nitrogen and oxygen atoms in total. The second-order valence-electron chi connectivity index (χ2n) is 6.32. The molecule has 1 fully saturated rings. The molecule has 0 radical (unpaired) electrons. The van der Waals surface area contributed by atoms with E-state index in [0.29, 0.717) is 25.3 Å². The van der Waals surface area contributed by atoms with Crippen molar-refractivity contribution in [2.24, 2.45) is 5.92 Å². The fraction of sp³-hybridized carbons (Fsp3) is 0.444. The molecule has 1 aromatic heterocycles. The number of rotatable bonds is 6. The van der Waals surface area contributed by atoms with Crippen molar-refractivity contribution < 1.29 is 14.3 Å². The van der Waals surface area contributed by atoms with Crippen LogP contribution >= 0.6 is 0 Å². The summed E-state index contributed by atoms with van der Waals surface area (Å²) in [5.74, 6) is -0.391. The molecule has 6 heteroatoms. The van der Waals surface area contributed by atoms with Crippen LogP contribution in [-0.4, -0.2) is 41.2 Å². The number of benzene rings is 1. The molecule has 3 rings (SSSR count). The molecule has 2 aromatic rings. The van der Waals surface area contributed by atoms with Crippen LogP contribution in [0.15, 0.2) is 42.7 Å². The van der Waals surface area contributed by atoms with Crippen LogP contribution in [-0.2, 0) is 9.47 Å². The fourth-order valence-electron chi connectivity index (χ4n) is 3.02. The second kappa shape index (κ2) is 7.15. The van der Waals surface area contributed by atoms with Gasteiger partial charge in [0.2, 0.25) is 0 Å². The molecule has 1 aromatic carbocycles. The maximum Gasteiger partial charge on any atom is 0.253 e. The van der Waals surface area contributed by atoms with Crippen molar-refractivity contribution >= 4 is 5.91 Å². The molecule has 0 bridgehead atoms. The second-order valence-corrected chi connectivity index (χ2v) is 6.32. The topological polar surface area (TPSA) is 65.4 Å². The molecule has 1 atom stereocenters. The summed E-state index contributed by atoms with van der Waals surface area (Å²) >= 11 is 0. The van der Waals surface area contributed by atoms with Crippen molar-refractivity contribution in [3.63, 3.8) is 0 Å². The Kier molecular flexibility index (Phi) is 4.97. The van der Waals surface area contributed by atoms with E-state index in [1.165, 1.54) is 0 Å². The summed E-state index contributed by atoms with van der Waals surface area (Å²) in [7, 11) is 0. The number of aromatic nitrogens is 2. The molecule has 1 aliphatic heterocycles. The quantitative estimate of drug-likeness (QED) is 0.884. The zero-order valence-corrected chi connectivity index (χ0v) is 14.1. The van der Waals surface area contributed by atoms with Crippen LogP contribution in [0.3, 0.4) is 0 Å². The van der Waals surface area contributed by atoms with Crippen LogP contribution < -0.4 is 5.32 Å². The van der Waals surface area contributed by atoms with Crippen molar-refractivity contribution in [3.8, 4) is 5.69 Å². The van der Waals surface area contributed by atoms with Gasteiger partial charge in [0, 0.05) is 25.4 Å². The summed E-state index contributed by atoms with van der Waals surface area (Å²) in [6.45, 7) is 5.86. The number of amides is 1. The molecular formula is C18H23N3O3. The van der Waals surface area contributed by atoms with Gasteiger partial charge in [-0.25, -0.2) is 4.68 Å². The van der Waals surface area contributed by atoms with Crippen LogP contribution in [0.25, 0.3) is 5.69 Å². The number of hydrogen-bond acceptors (Lipinski definition) is 4. The van der Waals surface area contributed by atoms with Gasteiger partial charge in [-0.3, -0.25) is 4.79 Å². The third-order valence-electron chi connectivity index (χ3n) is 4.13. The predicted octanol–water partition coefficient (Wildman–Crippen LogP) is 2.39. The molecule has 1 aliphatic rings. The highest BCUT2D eigenvalue weighted by Crippen LogP contribution is 2.26. The first-order valence-electron chi connectivity index (χ1n) is 8.22. The Bertz CT molecular complexity index is 679. The largest absolute Gasteiger partial charge is 0.352 e. The third-order valence-corrected chi connectivity index (χ3v) is 4.13. The predicted molar refractivity (Wildman–Crippen MR) is 90.0 cm³/mol. The molecule has 0 saturated carbocycles. The Balaban J connectivity index is 1.61. The van der Waals surface area contributed by atoms with Gasteiger partial charge < -0.3 is 14.8 Å². The van der Waals surface area contributed by atoms with E-state index in [0.717, 1.165) is 12.1 Å². The first-order chi connectivity index (χ1) is 11.6. The van der Waals surface area contributed by atoms with Gasteiger partial charge in [0.05, 0.1) is 24.5 Å². The van der Waals surface area contributed by atoms with Gasteiger partial charge in [0.1, 0.15) is 0 Å². The monoisotopic (exact) mass is 329 g/mol. The van der Waals surface area contributed by atoms with Crippen molar-refractivity contribution in [3.05, 3.63) is 48.3 Å². The number of nitrogens with one attached hydrogen (secondary N) is 1. The average molecular weight is 329 g/mol. The van der Waals surface area contributed by atoms with Gasteiger partial charge in [-0.2, -0.15) is 5.10 Å². The minimum atomic E-state index is -0.531. The van der Waals surface area contributed by atoms with Crippen molar-refractivity contribution in [1.82, 2.24) is 15.1 Å². The highest BCUT2D eigenvalue weighted by Gasteiger charge is 2.32. The lowest BCUT2D eigenvalue weighted by Gasteiger charge is -2.26. The molecule has 2 heterocycles. The Labute approximate surface area is 141 Å². The smallest absolute Gasteiger partial charge is 0.253 e. The van der Waals surface area contributed by atoms with E-state index in [-0.39, 0.29) is 11.8 Å². The lowest BCUT2D eigenvalue weighted by Crippen LogP contribution is -2.34.